The van der Waals surface area contributed by atoms with E-state index in [0.717, 1.165) is 40.9 Å². The number of thioether (sulfide) groups is 1. The van der Waals surface area contributed by atoms with Crippen LogP contribution in [0.1, 0.15) is 53.2 Å². The van der Waals surface area contributed by atoms with Crippen LogP contribution in [-0.4, -0.2) is 29.5 Å². The van der Waals surface area contributed by atoms with Gasteiger partial charge in [-0.05, 0) is 57.6 Å². The van der Waals surface area contributed by atoms with Crippen LogP contribution in [0.3, 0.4) is 0 Å². The molecule has 7 nitrogen and oxygen atoms in total. The van der Waals surface area contributed by atoms with Crippen molar-refractivity contribution in [1.82, 2.24) is 29.5 Å². The summed E-state index contributed by atoms with van der Waals surface area (Å²) in [5.41, 5.74) is 3.09. The molecule has 4 aromatic rings. The van der Waals surface area contributed by atoms with Crippen LogP contribution in [-0.2, 0) is 12.8 Å². The van der Waals surface area contributed by atoms with Crippen molar-refractivity contribution in [2.75, 3.05) is 0 Å². The second-order valence-electron chi connectivity index (χ2n) is 7.89. The number of aromatic amines is 1. The second-order valence-corrected chi connectivity index (χ2v) is 10.3. The van der Waals surface area contributed by atoms with Gasteiger partial charge in [0.05, 0.1) is 10.6 Å². The fourth-order valence-corrected chi connectivity index (χ4v) is 6.16. The lowest BCUT2D eigenvalue weighted by molar-refractivity contribution is 0.509. The number of thiophene rings is 1. The summed E-state index contributed by atoms with van der Waals surface area (Å²) in [6, 6.07) is 1.98. The number of hydrogen-bond donors (Lipinski definition) is 1. The molecule has 0 amide bonds. The van der Waals surface area contributed by atoms with Crippen molar-refractivity contribution in [2.24, 2.45) is 5.92 Å². The van der Waals surface area contributed by atoms with E-state index in [4.69, 9.17) is 4.98 Å². The first kappa shape index (κ1) is 18.7. The third-order valence-corrected chi connectivity index (χ3v) is 7.56. The summed E-state index contributed by atoms with van der Waals surface area (Å²) in [5.74, 6) is 1.93. The maximum Gasteiger partial charge on any atom is 0.259 e. The van der Waals surface area contributed by atoms with Gasteiger partial charge in [-0.3, -0.25) is 4.79 Å². The third kappa shape index (κ3) is 3.26. The summed E-state index contributed by atoms with van der Waals surface area (Å²) in [5, 5.41) is 5.89. The van der Waals surface area contributed by atoms with E-state index >= 15 is 0 Å². The molecule has 0 fully saturated rings. The first-order valence-electron chi connectivity index (χ1n) is 9.81. The van der Waals surface area contributed by atoms with E-state index in [9.17, 15) is 4.79 Å². The van der Waals surface area contributed by atoms with Gasteiger partial charge in [0.15, 0.2) is 0 Å². The zero-order valence-electron chi connectivity index (χ0n) is 16.8. The number of nitrogens with one attached hydrogen (secondary N) is 1. The zero-order valence-corrected chi connectivity index (χ0v) is 18.4. The molecule has 4 aromatic heterocycles. The lowest BCUT2D eigenvalue weighted by Gasteiger charge is -2.17. The number of H-pyrrole nitrogens is 1. The molecule has 1 aliphatic rings. The van der Waals surface area contributed by atoms with Crippen molar-refractivity contribution in [1.29, 1.82) is 0 Å². The highest BCUT2D eigenvalue weighted by Gasteiger charge is 2.24. The summed E-state index contributed by atoms with van der Waals surface area (Å²) < 4.78 is 1.75. The first-order valence-corrected chi connectivity index (χ1v) is 11.5. The monoisotopic (exact) mass is 426 g/mol. The maximum atomic E-state index is 12.9. The van der Waals surface area contributed by atoms with Gasteiger partial charge in [-0.25, -0.2) is 14.5 Å². The average Bonchev–Trinajstić information content (AvgIpc) is 3.21. The topological polar surface area (TPSA) is 88.8 Å². The van der Waals surface area contributed by atoms with E-state index in [0.29, 0.717) is 22.7 Å². The zero-order chi connectivity index (χ0) is 20.3. The van der Waals surface area contributed by atoms with Gasteiger partial charge in [-0.2, -0.15) is 4.98 Å². The largest absolute Gasteiger partial charge is 0.309 e. The predicted molar refractivity (Wildman–Crippen MR) is 116 cm³/mol. The molecule has 1 N–H and O–H groups in total. The van der Waals surface area contributed by atoms with Crippen LogP contribution in [0.25, 0.3) is 16.0 Å². The van der Waals surface area contributed by atoms with Gasteiger partial charge >= 0.3 is 0 Å². The molecular weight excluding hydrogens is 404 g/mol. The van der Waals surface area contributed by atoms with Crippen molar-refractivity contribution in [3.05, 3.63) is 44.1 Å². The summed E-state index contributed by atoms with van der Waals surface area (Å²) >= 11 is 3.16. The summed E-state index contributed by atoms with van der Waals surface area (Å²) in [7, 11) is 0. The number of nitrogens with zero attached hydrogens (tertiary/aromatic N) is 5. The predicted octanol–water partition coefficient (Wildman–Crippen LogP) is 4.02. The Morgan fingerprint density at radius 1 is 1.31 bits per heavy atom. The van der Waals surface area contributed by atoms with Crippen LogP contribution >= 0.6 is 23.1 Å². The molecule has 9 heteroatoms. The van der Waals surface area contributed by atoms with E-state index in [1.54, 1.807) is 15.9 Å². The Labute approximate surface area is 176 Å². The highest BCUT2D eigenvalue weighted by molar-refractivity contribution is 7.99. The number of aromatic nitrogens is 6. The van der Waals surface area contributed by atoms with Crippen LogP contribution < -0.4 is 5.56 Å². The van der Waals surface area contributed by atoms with E-state index in [1.165, 1.54) is 22.2 Å². The Morgan fingerprint density at radius 2 is 2.14 bits per heavy atom. The Morgan fingerprint density at radius 3 is 2.97 bits per heavy atom. The highest BCUT2D eigenvalue weighted by atomic mass is 32.2. The summed E-state index contributed by atoms with van der Waals surface area (Å²) in [6.45, 7) is 8.22. The molecule has 4 heterocycles. The molecule has 0 aliphatic heterocycles. The smallest absolute Gasteiger partial charge is 0.259 e. The van der Waals surface area contributed by atoms with Crippen molar-refractivity contribution < 1.29 is 0 Å². The molecule has 0 saturated carbocycles. The van der Waals surface area contributed by atoms with Crippen LogP contribution in [0.15, 0.2) is 16.0 Å². The van der Waals surface area contributed by atoms with E-state index < -0.39 is 0 Å². The Balaban J connectivity index is 1.49. The van der Waals surface area contributed by atoms with Gasteiger partial charge in [0.1, 0.15) is 10.7 Å². The fraction of sp³-hybridized carbons (Fsp3) is 0.450. The molecule has 0 bridgehead atoms. The van der Waals surface area contributed by atoms with Crippen molar-refractivity contribution in [3.63, 3.8) is 0 Å². The average molecular weight is 427 g/mol. The molecule has 0 aromatic carbocycles. The molecule has 150 valence electrons. The Hall–Kier alpha value is -2.26. The molecular formula is C20H22N6OS2. The highest BCUT2D eigenvalue weighted by Crippen LogP contribution is 2.37. The third-order valence-electron chi connectivity index (χ3n) is 5.45. The quantitative estimate of drug-likeness (QED) is 0.498. The lowest BCUT2D eigenvalue weighted by Crippen LogP contribution is -2.15. The summed E-state index contributed by atoms with van der Waals surface area (Å²) in [6.07, 6.45) is 3.16. The normalized spacial score (nSPS) is 17.7. The molecule has 29 heavy (non-hydrogen) atoms. The van der Waals surface area contributed by atoms with E-state index in [-0.39, 0.29) is 10.8 Å². The number of fused-ring (bicyclic) bond motifs is 4. The van der Waals surface area contributed by atoms with Crippen molar-refractivity contribution in [3.8, 4) is 0 Å². The molecule has 0 saturated heterocycles. The maximum absolute atomic E-state index is 12.9. The summed E-state index contributed by atoms with van der Waals surface area (Å²) in [4.78, 5) is 31.8. The van der Waals surface area contributed by atoms with Crippen molar-refractivity contribution in [2.45, 2.75) is 57.4 Å². The SMILES string of the molecule is Cc1cc(C)n2nc(S[C@H](C)c3nc4sc5c(c4c(=O)[nH]3)CC[C@H](C)C5)nc2n1. The standard InChI is InChI=1S/C20H22N6OS2/c1-9-5-6-13-14(7-9)29-18-15(13)17(27)22-16(23-18)12(4)28-20-24-19-21-10(2)8-11(3)26(19)25-20/h8-9,12H,5-7H2,1-4H3,(H,22,23,27)/t9-,12+/m0/s1. The van der Waals surface area contributed by atoms with Gasteiger partial charge in [-0.15, -0.1) is 16.4 Å². The molecule has 0 unspecified atom stereocenters. The van der Waals surface area contributed by atoms with Crippen LogP contribution in [0.5, 0.6) is 0 Å². The number of aryl methyl sites for hydroxylation is 3. The first-order chi connectivity index (χ1) is 13.9. The van der Waals surface area contributed by atoms with E-state index in [1.807, 2.05) is 26.8 Å². The van der Waals surface area contributed by atoms with E-state index in [2.05, 4.69) is 27.0 Å². The minimum absolute atomic E-state index is 0.0272. The van der Waals surface area contributed by atoms with Crippen molar-refractivity contribution >= 4 is 39.1 Å². The minimum atomic E-state index is -0.0797. The molecule has 1 aliphatic carbocycles. The Bertz CT molecular complexity index is 1300. The fourth-order valence-electron chi connectivity index (χ4n) is 3.97. The second kappa shape index (κ2) is 6.91. The molecule has 5 rings (SSSR count). The molecule has 0 spiro atoms. The van der Waals surface area contributed by atoms with Crippen LogP contribution in [0.4, 0.5) is 0 Å². The number of hydrogen-bond acceptors (Lipinski definition) is 7. The van der Waals surface area contributed by atoms with Gasteiger partial charge in [-0.1, -0.05) is 18.7 Å². The van der Waals surface area contributed by atoms with Crippen LogP contribution in [0, 0.1) is 19.8 Å². The van der Waals surface area contributed by atoms with Gasteiger partial charge < -0.3 is 4.98 Å². The number of rotatable bonds is 3. The van der Waals surface area contributed by atoms with Gasteiger partial charge in [0.2, 0.25) is 5.16 Å². The van der Waals surface area contributed by atoms with Gasteiger partial charge in [0.25, 0.3) is 11.3 Å². The van der Waals surface area contributed by atoms with Gasteiger partial charge in [0, 0.05) is 16.3 Å². The molecule has 0 radical (unpaired) electrons. The molecule has 2 atom stereocenters. The Kier molecular flexibility index (Phi) is 4.47. The van der Waals surface area contributed by atoms with Crippen LogP contribution in [0.2, 0.25) is 0 Å². The lowest BCUT2D eigenvalue weighted by atomic mass is 9.89. The minimum Gasteiger partial charge on any atom is -0.309 e.